The number of para-hydroxylation sites is 1. The third kappa shape index (κ3) is 7.74. The van der Waals surface area contributed by atoms with E-state index in [9.17, 15) is 4.79 Å². The summed E-state index contributed by atoms with van der Waals surface area (Å²) in [4.78, 5) is 38.1. The zero-order valence-corrected chi connectivity index (χ0v) is 19.4. The highest BCUT2D eigenvalue weighted by Gasteiger charge is 2.29. The van der Waals surface area contributed by atoms with Crippen LogP contribution in [0.1, 0.15) is 51.4 Å². The zero-order chi connectivity index (χ0) is 23.6. The Labute approximate surface area is 196 Å². The molecule has 1 aliphatic carbocycles. The molecule has 0 atom stereocenters. The Kier molecular flexibility index (Phi) is 9.54. The molecule has 8 nitrogen and oxygen atoms in total. The first-order chi connectivity index (χ1) is 15.9. The molecule has 0 spiro atoms. The fourth-order valence-corrected chi connectivity index (χ4v) is 5.25. The van der Waals surface area contributed by atoms with Crippen molar-refractivity contribution in [2.75, 3.05) is 44.2 Å². The summed E-state index contributed by atoms with van der Waals surface area (Å²) in [6.07, 6.45) is 9.67. The van der Waals surface area contributed by atoms with Gasteiger partial charge in [-0.3, -0.25) is 9.69 Å². The highest BCUT2D eigenvalue weighted by molar-refractivity contribution is 6.27. The van der Waals surface area contributed by atoms with E-state index in [-0.39, 0.29) is 0 Å². The van der Waals surface area contributed by atoms with Crippen LogP contribution in [0.3, 0.4) is 0 Å². The van der Waals surface area contributed by atoms with Crippen molar-refractivity contribution >= 4 is 23.5 Å². The average molecular weight is 460 g/mol. The molecule has 3 aliphatic rings. The Balaban J connectivity index is 0.000000454. The maximum atomic E-state index is 12.5. The highest BCUT2D eigenvalue weighted by atomic mass is 16.4. The number of aliphatic carboxylic acids is 2. The van der Waals surface area contributed by atoms with Crippen LogP contribution < -0.4 is 4.90 Å². The third-order valence-electron chi connectivity index (χ3n) is 7.19. The predicted molar refractivity (Wildman–Crippen MR) is 126 cm³/mol. The number of amides is 1. The van der Waals surface area contributed by atoms with Crippen molar-refractivity contribution in [3.8, 4) is 0 Å². The van der Waals surface area contributed by atoms with E-state index in [1.807, 2.05) is 0 Å². The SMILES string of the molecule is O=C(CCC1CCCC1)N1CCC(N2CCN(c3ccccc3)CC2)CC1.O=C(O)C(=O)O. The van der Waals surface area contributed by atoms with Gasteiger partial charge in [0.25, 0.3) is 0 Å². The van der Waals surface area contributed by atoms with Gasteiger partial charge in [0, 0.05) is 57.4 Å². The van der Waals surface area contributed by atoms with Gasteiger partial charge >= 0.3 is 11.9 Å². The summed E-state index contributed by atoms with van der Waals surface area (Å²) in [7, 11) is 0. The molecule has 1 aromatic carbocycles. The minimum atomic E-state index is -1.82. The van der Waals surface area contributed by atoms with Crippen molar-refractivity contribution in [2.24, 2.45) is 5.92 Å². The lowest BCUT2D eigenvalue weighted by Gasteiger charge is -2.43. The van der Waals surface area contributed by atoms with Crippen molar-refractivity contribution in [3.63, 3.8) is 0 Å². The largest absolute Gasteiger partial charge is 0.473 e. The molecule has 0 bridgehead atoms. The quantitative estimate of drug-likeness (QED) is 0.653. The number of rotatable bonds is 5. The standard InChI is InChI=1S/C23H35N3O.C2H2O4/c27-23(11-10-20-6-4-5-7-20)26-14-12-22(13-15-26)25-18-16-24(17-19-25)21-8-2-1-3-9-21;3-1(4)2(5)6/h1-3,8-9,20,22H,4-7,10-19H2;(H,3,4)(H,5,6). The van der Waals surface area contributed by atoms with E-state index in [1.54, 1.807) is 0 Å². The number of piperazine rings is 1. The number of benzene rings is 1. The van der Waals surface area contributed by atoms with Crippen LogP contribution >= 0.6 is 0 Å². The average Bonchev–Trinajstić information content (AvgIpc) is 3.37. The van der Waals surface area contributed by atoms with Crippen LogP contribution in [0, 0.1) is 5.92 Å². The Morgan fingerprint density at radius 2 is 1.36 bits per heavy atom. The monoisotopic (exact) mass is 459 g/mol. The maximum Gasteiger partial charge on any atom is 0.414 e. The first-order valence-corrected chi connectivity index (χ1v) is 12.2. The first kappa shape index (κ1) is 25.0. The number of carbonyl (C=O) groups excluding carboxylic acids is 1. The van der Waals surface area contributed by atoms with E-state index in [0.717, 1.165) is 70.9 Å². The Bertz CT molecular complexity index is 754. The molecule has 0 aromatic heterocycles. The second kappa shape index (κ2) is 12.6. The van der Waals surface area contributed by atoms with E-state index in [1.165, 1.54) is 31.4 Å². The summed E-state index contributed by atoms with van der Waals surface area (Å²) in [6, 6.07) is 11.4. The van der Waals surface area contributed by atoms with Gasteiger partial charge in [0.2, 0.25) is 5.91 Å². The third-order valence-corrected chi connectivity index (χ3v) is 7.19. The number of carbonyl (C=O) groups is 3. The zero-order valence-electron chi connectivity index (χ0n) is 19.4. The number of hydrogen-bond acceptors (Lipinski definition) is 5. The summed E-state index contributed by atoms with van der Waals surface area (Å²) in [5.41, 5.74) is 1.35. The van der Waals surface area contributed by atoms with E-state index in [2.05, 4.69) is 45.0 Å². The minimum Gasteiger partial charge on any atom is -0.473 e. The molecule has 182 valence electrons. The molecule has 33 heavy (non-hydrogen) atoms. The number of piperidine rings is 1. The normalized spacial score (nSPS) is 20.2. The molecule has 4 rings (SSSR count). The summed E-state index contributed by atoms with van der Waals surface area (Å²) in [5, 5.41) is 14.8. The Hall–Kier alpha value is -2.61. The second-order valence-electron chi connectivity index (χ2n) is 9.27. The molecule has 2 saturated heterocycles. The lowest BCUT2D eigenvalue weighted by molar-refractivity contribution is -0.159. The number of carboxylic acids is 2. The molecule has 0 unspecified atom stereocenters. The van der Waals surface area contributed by atoms with E-state index < -0.39 is 11.9 Å². The van der Waals surface area contributed by atoms with Gasteiger partial charge in [-0.05, 0) is 37.3 Å². The number of likely N-dealkylation sites (tertiary alicyclic amines) is 1. The van der Waals surface area contributed by atoms with Crippen molar-refractivity contribution in [3.05, 3.63) is 30.3 Å². The van der Waals surface area contributed by atoms with Crippen molar-refractivity contribution in [1.29, 1.82) is 0 Å². The summed E-state index contributed by atoms with van der Waals surface area (Å²) in [6.45, 7) is 6.46. The van der Waals surface area contributed by atoms with Gasteiger partial charge in [-0.15, -0.1) is 0 Å². The van der Waals surface area contributed by atoms with Crippen molar-refractivity contribution < 1.29 is 24.6 Å². The van der Waals surface area contributed by atoms with Gasteiger partial charge in [0.05, 0.1) is 0 Å². The molecule has 2 heterocycles. The van der Waals surface area contributed by atoms with E-state index >= 15 is 0 Å². The highest BCUT2D eigenvalue weighted by Crippen LogP contribution is 2.29. The summed E-state index contributed by atoms with van der Waals surface area (Å²) < 4.78 is 0. The lowest BCUT2D eigenvalue weighted by atomic mass is 9.99. The van der Waals surface area contributed by atoms with E-state index in [0.29, 0.717) is 11.9 Å². The minimum absolute atomic E-state index is 0.411. The van der Waals surface area contributed by atoms with Gasteiger partial charge < -0.3 is 20.0 Å². The van der Waals surface area contributed by atoms with Gasteiger partial charge in [0.15, 0.2) is 0 Å². The van der Waals surface area contributed by atoms with Gasteiger partial charge in [-0.1, -0.05) is 43.9 Å². The smallest absolute Gasteiger partial charge is 0.414 e. The van der Waals surface area contributed by atoms with E-state index in [4.69, 9.17) is 19.8 Å². The van der Waals surface area contributed by atoms with Crippen LogP contribution in [-0.2, 0) is 14.4 Å². The van der Waals surface area contributed by atoms with Gasteiger partial charge in [-0.2, -0.15) is 0 Å². The summed E-state index contributed by atoms with van der Waals surface area (Å²) in [5.74, 6) is -2.41. The van der Waals surface area contributed by atoms with Crippen LogP contribution in [0.2, 0.25) is 0 Å². The molecule has 1 saturated carbocycles. The molecule has 0 radical (unpaired) electrons. The van der Waals surface area contributed by atoms with Crippen LogP contribution in [0.15, 0.2) is 30.3 Å². The number of nitrogens with zero attached hydrogens (tertiary/aromatic N) is 3. The van der Waals surface area contributed by atoms with Crippen molar-refractivity contribution in [1.82, 2.24) is 9.80 Å². The molecule has 1 aromatic rings. The summed E-state index contributed by atoms with van der Waals surface area (Å²) >= 11 is 0. The molecule has 2 aliphatic heterocycles. The first-order valence-electron chi connectivity index (χ1n) is 12.2. The Morgan fingerprint density at radius 3 is 1.91 bits per heavy atom. The van der Waals surface area contributed by atoms with Gasteiger partial charge in [0.1, 0.15) is 0 Å². The fourth-order valence-electron chi connectivity index (χ4n) is 5.25. The Morgan fingerprint density at radius 1 is 0.788 bits per heavy atom. The predicted octanol–water partition coefficient (Wildman–Crippen LogP) is 2.93. The maximum absolute atomic E-state index is 12.5. The molecule has 1 amide bonds. The molecule has 8 heteroatoms. The van der Waals surface area contributed by atoms with Gasteiger partial charge in [-0.25, -0.2) is 9.59 Å². The fraction of sp³-hybridized carbons (Fsp3) is 0.640. The van der Waals surface area contributed by atoms with Crippen LogP contribution in [0.25, 0.3) is 0 Å². The molecule has 2 N–H and O–H groups in total. The molecular formula is C25H37N3O5. The number of hydrogen-bond donors (Lipinski definition) is 2. The molecule has 3 fully saturated rings. The van der Waals surface area contributed by atoms with Crippen LogP contribution in [0.4, 0.5) is 5.69 Å². The second-order valence-corrected chi connectivity index (χ2v) is 9.27. The molecular weight excluding hydrogens is 422 g/mol. The van der Waals surface area contributed by atoms with Crippen LogP contribution in [-0.4, -0.2) is 83.2 Å². The lowest BCUT2D eigenvalue weighted by Crippen LogP contribution is -2.53. The van der Waals surface area contributed by atoms with Crippen LogP contribution in [0.5, 0.6) is 0 Å². The number of carboxylic acid groups (broad SMARTS) is 2. The topological polar surface area (TPSA) is 101 Å². The number of anilines is 1. The van der Waals surface area contributed by atoms with Crippen molar-refractivity contribution in [2.45, 2.75) is 57.4 Å².